The van der Waals surface area contributed by atoms with Crippen molar-refractivity contribution < 1.29 is 18.0 Å². The molecule has 3 aromatic rings. The number of pyridine rings is 1. The molecule has 202 valence electrons. The summed E-state index contributed by atoms with van der Waals surface area (Å²) in [5.41, 5.74) is 9.35. The Kier molecular flexibility index (Phi) is 7.24. The first kappa shape index (κ1) is 26.0. The molecule has 0 aromatic carbocycles. The van der Waals surface area contributed by atoms with E-state index >= 15 is 0 Å². The van der Waals surface area contributed by atoms with E-state index < -0.39 is 17.8 Å². The van der Waals surface area contributed by atoms with Gasteiger partial charge in [-0.25, -0.2) is 10.8 Å². The van der Waals surface area contributed by atoms with Crippen LogP contribution in [-0.2, 0) is 23.9 Å². The summed E-state index contributed by atoms with van der Waals surface area (Å²) in [4.78, 5) is 19.3. The number of aromatic nitrogens is 4. The van der Waals surface area contributed by atoms with Gasteiger partial charge in [-0.1, -0.05) is 6.07 Å². The summed E-state index contributed by atoms with van der Waals surface area (Å²) in [5.74, 6) is 6.62. The summed E-state index contributed by atoms with van der Waals surface area (Å²) in [6.07, 6.45) is 4.06. The van der Waals surface area contributed by atoms with Crippen LogP contribution < -0.4 is 16.9 Å². The van der Waals surface area contributed by atoms with Crippen molar-refractivity contribution in [3.8, 4) is 0 Å². The minimum Gasteiger partial charge on any atom is -0.393 e. The molecule has 0 radical (unpaired) electrons. The Morgan fingerprint density at radius 1 is 1.13 bits per heavy atom. The molecule has 3 heterocycles. The minimum absolute atomic E-state index is 0.0690. The molecule has 0 saturated heterocycles. The number of hydrogen-bond acceptors (Lipinski definition) is 7. The summed E-state index contributed by atoms with van der Waals surface area (Å²) >= 11 is 0. The highest BCUT2D eigenvalue weighted by Gasteiger charge is 2.36. The number of H-pyrrole nitrogens is 1. The summed E-state index contributed by atoms with van der Waals surface area (Å²) in [6, 6.07) is 5.66. The maximum absolute atomic E-state index is 12.8. The number of aromatic amines is 1. The van der Waals surface area contributed by atoms with Gasteiger partial charge in [0, 0.05) is 23.8 Å². The molecule has 2 aliphatic rings. The van der Waals surface area contributed by atoms with Gasteiger partial charge in [0.05, 0.1) is 17.9 Å². The number of hydrazine groups is 1. The van der Waals surface area contributed by atoms with Gasteiger partial charge in [-0.15, -0.1) is 5.10 Å². The molecule has 6 N–H and O–H groups in total. The molecule has 9 nitrogen and oxygen atoms in total. The van der Waals surface area contributed by atoms with Gasteiger partial charge in [0.25, 0.3) is 5.91 Å². The van der Waals surface area contributed by atoms with Crippen LogP contribution in [0.3, 0.4) is 0 Å². The Labute approximate surface area is 217 Å². The number of hydrogen-bond donors (Lipinski definition) is 4. The lowest BCUT2D eigenvalue weighted by atomic mass is 10.0. The molecule has 12 heteroatoms. The zero-order valence-corrected chi connectivity index (χ0v) is 20.9. The fraction of sp³-hybridized carbons (Fsp3) is 0.462. The number of aryl methyl sites for hydroxylation is 1. The molecule has 2 saturated carbocycles. The van der Waals surface area contributed by atoms with Gasteiger partial charge < -0.3 is 21.0 Å². The lowest BCUT2D eigenvalue weighted by Crippen LogP contribution is -2.33. The number of nitrogens with two attached hydrogens (primary N) is 2. The summed E-state index contributed by atoms with van der Waals surface area (Å²) in [6.45, 7) is 0.265. The van der Waals surface area contributed by atoms with Crippen LogP contribution >= 0.6 is 0 Å². The predicted molar refractivity (Wildman–Crippen MR) is 135 cm³/mol. The monoisotopic (exact) mass is 528 g/mol. The topological polar surface area (TPSA) is 139 Å². The molecule has 0 unspecified atom stereocenters. The Bertz CT molecular complexity index is 1340. The standard InChI is InChI=1S/C26H31F3N8O/c27-26(28,29)21-6-3-5-18(33-21)13-32-25(38)20(30)14-37(31)11-2-1-4-17-12-19-22(15-7-8-15)23(16-9-10-16)34-24(19)36-35-17/h3,5-6,12,14-16H,1-2,4,7-11,13,30-31H2,(H,32,38)(H,34,36)/b20-14-. The van der Waals surface area contributed by atoms with Crippen LogP contribution in [0.5, 0.6) is 0 Å². The van der Waals surface area contributed by atoms with Gasteiger partial charge in [0.1, 0.15) is 11.4 Å². The molecule has 0 atom stereocenters. The Balaban J connectivity index is 1.08. The normalized spacial score (nSPS) is 16.2. The Morgan fingerprint density at radius 2 is 1.89 bits per heavy atom. The summed E-state index contributed by atoms with van der Waals surface area (Å²) in [5, 5.41) is 13.8. The second-order valence-corrected chi connectivity index (χ2v) is 10.1. The molecule has 2 fully saturated rings. The lowest BCUT2D eigenvalue weighted by molar-refractivity contribution is -0.141. The Hall–Kier alpha value is -3.67. The molecule has 2 aliphatic carbocycles. The van der Waals surface area contributed by atoms with Crippen molar-refractivity contribution in [1.29, 1.82) is 0 Å². The third-order valence-corrected chi connectivity index (χ3v) is 6.84. The third kappa shape index (κ3) is 6.24. The number of nitrogens with one attached hydrogen (secondary N) is 2. The van der Waals surface area contributed by atoms with Crippen LogP contribution in [0.4, 0.5) is 13.2 Å². The number of carbonyl (C=O) groups excluding carboxylic acids is 1. The Morgan fingerprint density at radius 3 is 2.61 bits per heavy atom. The van der Waals surface area contributed by atoms with Gasteiger partial charge in [0.2, 0.25) is 0 Å². The zero-order chi connectivity index (χ0) is 26.9. The smallest absolute Gasteiger partial charge is 0.393 e. The maximum atomic E-state index is 12.8. The molecule has 38 heavy (non-hydrogen) atoms. The number of carbonyl (C=O) groups is 1. The van der Waals surface area contributed by atoms with Crippen molar-refractivity contribution in [2.24, 2.45) is 11.6 Å². The molecule has 0 aliphatic heterocycles. The highest BCUT2D eigenvalue weighted by Crippen LogP contribution is 2.51. The van der Waals surface area contributed by atoms with Crippen molar-refractivity contribution >= 4 is 16.9 Å². The van der Waals surface area contributed by atoms with E-state index in [0.29, 0.717) is 18.4 Å². The summed E-state index contributed by atoms with van der Waals surface area (Å²) in [7, 11) is 0. The van der Waals surface area contributed by atoms with E-state index in [-0.39, 0.29) is 17.9 Å². The van der Waals surface area contributed by atoms with Crippen LogP contribution in [0, 0.1) is 0 Å². The van der Waals surface area contributed by atoms with Gasteiger partial charge in [-0.3, -0.25) is 4.79 Å². The van der Waals surface area contributed by atoms with E-state index in [1.807, 2.05) is 0 Å². The van der Waals surface area contributed by atoms with Gasteiger partial charge >= 0.3 is 6.18 Å². The number of rotatable bonds is 11. The van der Waals surface area contributed by atoms with E-state index in [1.165, 1.54) is 65.7 Å². The van der Waals surface area contributed by atoms with Crippen molar-refractivity contribution in [1.82, 2.24) is 30.5 Å². The first-order chi connectivity index (χ1) is 18.2. The van der Waals surface area contributed by atoms with Crippen LogP contribution in [0.25, 0.3) is 11.0 Å². The third-order valence-electron chi connectivity index (χ3n) is 6.84. The van der Waals surface area contributed by atoms with Crippen molar-refractivity contribution in [3.05, 3.63) is 64.5 Å². The van der Waals surface area contributed by atoms with E-state index in [4.69, 9.17) is 11.6 Å². The van der Waals surface area contributed by atoms with Crippen molar-refractivity contribution in [2.75, 3.05) is 6.54 Å². The van der Waals surface area contributed by atoms with Gasteiger partial charge in [-0.2, -0.15) is 18.3 Å². The molecule has 3 aromatic heterocycles. The fourth-order valence-corrected chi connectivity index (χ4v) is 4.61. The number of alkyl halides is 3. The second kappa shape index (κ2) is 10.6. The van der Waals surface area contributed by atoms with E-state index in [2.05, 4.69) is 31.5 Å². The van der Waals surface area contributed by atoms with Crippen molar-refractivity contribution in [3.63, 3.8) is 0 Å². The minimum atomic E-state index is -4.56. The second-order valence-electron chi connectivity index (χ2n) is 10.1. The molecule has 1 amide bonds. The average Bonchev–Trinajstić information content (AvgIpc) is 3.82. The SMILES string of the molecule is N/C(=C\N(N)CCCCc1cc2c(C3CC3)c(C3CC3)[nH]c2nn1)C(=O)NCc1cccc(C(F)(F)F)n1. The number of amides is 1. The molecule has 0 spiro atoms. The molecule has 5 rings (SSSR count). The number of unbranched alkanes of at least 4 members (excludes halogenated alkanes) is 1. The zero-order valence-electron chi connectivity index (χ0n) is 20.9. The van der Waals surface area contributed by atoms with Gasteiger partial charge in [0.15, 0.2) is 5.65 Å². The van der Waals surface area contributed by atoms with Crippen molar-refractivity contribution in [2.45, 2.75) is 69.5 Å². The lowest BCUT2D eigenvalue weighted by Gasteiger charge is -2.15. The number of nitrogens with zero attached hydrogens (tertiary/aromatic N) is 4. The van der Waals surface area contributed by atoms with Crippen LogP contribution in [0.1, 0.15) is 78.7 Å². The van der Waals surface area contributed by atoms with E-state index in [9.17, 15) is 18.0 Å². The number of halogens is 3. The van der Waals surface area contributed by atoms with E-state index in [1.54, 1.807) is 0 Å². The van der Waals surface area contributed by atoms with Crippen LogP contribution in [0.2, 0.25) is 0 Å². The first-order valence-corrected chi connectivity index (χ1v) is 12.9. The first-order valence-electron chi connectivity index (χ1n) is 12.9. The van der Waals surface area contributed by atoms with Gasteiger partial charge in [-0.05, 0) is 80.5 Å². The average molecular weight is 529 g/mol. The summed E-state index contributed by atoms with van der Waals surface area (Å²) < 4.78 is 38.4. The van der Waals surface area contributed by atoms with E-state index in [0.717, 1.165) is 36.7 Å². The van der Waals surface area contributed by atoms with Crippen LogP contribution in [0.15, 0.2) is 36.2 Å². The quantitative estimate of drug-likeness (QED) is 0.129. The molecular weight excluding hydrogens is 497 g/mol. The highest BCUT2D eigenvalue weighted by atomic mass is 19.4. The largest absolute Gasteiger partial charge is 0.433 e. The number of fused-ring (bicyclic) bond motifs is 1. The molecular formula is C26H31F3N8O. The fourth-order valence-electron chi connectivity index (χ4n) is 4.61. The van der Waals surface area contributed by atoms with Crippen LogP contribution in [-0.4, -0.2) is 37.6 Å². The maximum Gasteiger partial charge on any atom is 0.433 e. The predicted octanol–water partition coefficient (Wildman–Crippen LogP) is 3.74. The highest BCUT2D eigenvalue weighted by molar-refractivity contribution is 5.92. The molecule has 0 bridgehead atoms.